The zero-order valence-corrected chi connectivity index (χ0v) is 18.6. The predicted octanol–water partition coefficient (Wildman–Crippen LogP) is 5.96. The molecule has 0 aliphatic rings. The number of halogens is 3. The van der Waals surface area contributed by atoms with Crippen molar-refractivity contribution in [3.8, 4) is 5.75 Å². The van der Waals surface area contributed by atoms with Crippen LogP contribution in [0.25, 0.3) is 0 Å². The van der Waals surface area contributed by atoms with Crippen LogP contribution in [0.4, 0.5) is 13.2 Å². The third-order valence-corrected chi connectivity index (χ3v) is 4.56. The maximum absolute atomic E-state index is 13.2. The molecular weight excluding hydrogens is 395 g/mol. The highest BCUT2D eigenvalue weighted by Gasteiger charge is 2.47. The Hall–Kier alpha value is -1.76. The highest BCUT2D eigenvalue weighted by molar-refractivity contribution is 5.81. The first-order valence-electron chi connectivity index (χ1n) is 10.7. The summed E-state index contributed by atoms with van der Waals surface area (Å²) in [5.74, 6) is -0.621. The van der Waals surface area contributed by atoms with E-state index >= 15 is 0 Å². The van der Waals surface area contributed by atoms with Gasteiger partial charge in [0, 0.05) is 6.42 Å². The van der Waals surface area contributed by atoms with Crippen LogP contribution < -0.4 is 10.5 Å². The zero-order chi connectivity index (χ0) is 22.8. The third-order valence-electron chi connectivity index (χ3n) is 4.56. The molecule has 4 nitrogen and oxygen atoms in total. The largest absolute Gasteiger partial charge is 0.493 e. The summed E-state index contributed by atoms with van der Waals surface area (Å²) < 4.78 is 50.6. The quantitative estimate of drug-likeness (QED) is 0.328. The van der Waals surface area contributed by atoms with Gasteiger partial charge in [0.05, 0.1) is 13.0 Å². The van der Waals surface area contributed by atoms with E-state index in [9.17, 15) is 18.0 Å². The summed E-state index contributed by atoms with van der Waals surface area (Å²) in [5, 5.41) is 0. The molecule has 0 saturated carbocycles. The monoisotopic (exact) mass is 431 g/mol. The number of carbonyl (C=O) groups excluding carboxylic acids is 1. The fourth-order valence-corrected chi connectivity index (χ4v) is 3.14. The van der Waals surface area contributed by atoms with Gasteiger partial charge in [0.1, 0.15) is 16.9 Å². The molecule has 0 bridgehead atoms. The molecule has 0 amide bonds. The van der Waals surface area contributed by atoms with Crippen molar-refractivity contribution in [3.63, 3.8) is 0 Å². The Morgan fingerprint density at radius 3 is 2.20 bits per heavy atom. The highest BCUT2D eigenvalue weighted by Crippen LogP contribution is 2.33. The summed E-state index contributed by atoms with van der Waals surface area (Å²) in [4.78, 5) is 12.6. The van der Waals surface area contributed by atoms with Crippen LogP contribution in [0.3, 0.4) is 0 Å². The van der Waals surface area contributed by atoms with Crippen molar-refractivity contribution < 1.29 is 27.4 Å². The van der Waals surface area contributed by atoms with Crippen LogP contribution in [-0.2, 0) is 16.0 Å². The molecule has 30 heavy (non-hydrogen) atoms. The second kappa shape index (κ2) is 11.6. The number of carbonyl (C=O) groups is 1. The third kappa shape index (κ3) is 10.3. The van der Waals surface area contributed by atoms with Crippen molar-refractivity contribution in [3.05, 3.63) is 29.8 Å². The standard InChI is InChI=1S/C23H36F3NO3/c1-5-6-7-8-9-12-15-29-19-14-11-10-13-18(19)16-22(27,17-23(24,25)26)20(28)30-21(2,3)4/h10-11,13-14H,5-9,12,15-17,27H2,1-4H3/t22-/m1/s1. The Bertz CT molecular complexity index is 656. The SMILES string of the molecule is CCCCCCCCOc1ccccc1C[C@@](N)(CC(F)(F)F)C(=O)OC(C)(C)C. The molecule has 0 spiro atoms. The minimum Gasteiger partial charge on any atom is -0.493 e. The van der Waals surface area contributed by atoms with Gasteiger partial charge in [-0.25, -0.2) is 0 Å². The molecule has 0 aliphatic carbocycles. The molecule has 1 aromatic rings. The molecule has 0 heterocycles. The molecule has 1 aromatic carbocycles. The van der Waals surface area contributed by atoms with Gasteiger partial charge in [-0.3, -0.25) is 4.79 Å². The van der Waals surface area contributed by atoms with Crippen molar-refractivity contribution >= 4 is 5.97 Å². The minimum absolute atomic E-state index is 0.325. The molecule has 7 heteroatoms. The topological polar surface area (TPSA) is 61.5 Å². The van der Waals surface area contributed by atoms with E-state index in [1.807, 2.05) is 0 Å². The fraction of sp³-hybridized carbons (Fsp3) is 0.696. The Labute approximate surface area is 178 Å². The normalized spacial score (nSPS) is 14.3. The first-order valence-corrected chi connectivity index (χ1v) is 10.7. The predicted molar refractivity (Wildman–Crippen MR) is 112 cm³/mol. The number of alkyl halides is 3. The van der Waals surface area contributed by atoms with E-state index in [1.165, 1.54) is 19.3 Å². The van der Waals surface area contributed by atoms with E-state index in [0.29, 0.717) is 17.9 Å². The van der Waals surface area contributed by atoms with Crippen molar-refractivity contribution in [1.82, 2.24) is 0 Å². The van der Waals surface area contributed by atoms with E-state index in [2.05, 4.69) is 6.92 Å². The summed E-state index contributed by atoms with van der Waals surface area (Å²) in [6.07, 6.45) is 0.210. The molecule has 172 valence electrons. The minimum atomic E-state index is -4.61. The first-order chi connectivity index (χ1) is 13.9. The number of hydrogen-bond donors (Lipinski definition) is 1. The van der Waals surface area contributed by atoms with Gasteiger partial charge < -0.3 is 15.2 Å². The van der Waals surface area contributed by atoms with Gasteiger partial charge in [0.15, 0.2) is 0 Å². The van der Waals surface area contributed by atoms with Crippen LogP contribution in [0.5, 0.6) is 5.75 Å². The van der Waals surface area contributed by atoms with Crippen molar-refractivity contribution in [1.29, 1.82) is 0 Å². The number of nitrogens with two attached hydrogens (primary N) is 1. The van der Waals surface area contributed by atoms with Crippen LogP contribution in [-0.4, -0.2) is 29.9 Å². The number of unbranched alkanes of at least 4 members (excludes halogenated alkanes) is 5. The van der Waals surface area contributed by atoms with E-state index in [-0.39, 0.29) is 6.42 Å². The van der Waals surface area contributed by atoms with Gasteiger partial charge in [-0.2, -0.15) is 13.2 Å². The van der Waals surface area contributed by atoms with Gasteiger partial charge in [0.2, 0.25) is 0 Å². The lowest BCUT2D eigenvalue weighted by molar-refractivity contribution is -0.179. The molecule has 1 atom stereocenters. The summed E-state index contributed by atoms with van der Waals surface area (Å²) >= 11 is 0. The summed E-state index contributed by atoms with van der Waals surface area (Å²) in [5.41, 5.74) is 3.29. The molecule has 0 fully saturated rings. The van der Waals surface area contributed by atoms with Crippen LogP contribution in [0.2, 0.25) is 0 Å². The van der Waals surface area contributed by atoms with Crippen molar-refractivity contribution in [2.24, 2.45) is 5.73 Å². The molecule has 0 aliphatic heterocycles. The van der Waals surface area contributed by atoms with Crippen LogP contribution >= 0.6 is 0 Å². The number of benzene rings is 1. The number of hydrogen-bond acceptors (Lipinski definition) is 4. The zero-order valence-electron chi connectivity index (χ0n) is 18.6. The second-order valence-electron chi connectivity index (χ2n) is 8.85. The van der Waals surface area contributed by atoms with Crippen LogP contribution in [0.15, 0.2) is 24.3 Å². The number of para-hydroxylation sites is 1. The smallest absolute Gasteiger partial charge is 0.391 e. The van der Waals surface area contributed by atoms with E-state index in [4.69, 9.17) is 15.2 Å². The summed E-state index contributed by atoms with van der Waals surface area (Å²) in [7, 11) is 0. The van der Waals surface area contributed by atoms with Crippen LogP contribution in [0, 0.1) is 0 Å². The van der Waals surface area contributed by atoms with Gasteiger partial charge in [-0.15, -0.1) is 0 Å². The first kappa shape index (κ1) is 26.3. The Kier molecular flexibility index (Phi) is 10.1. The fourth-order valence-electron chi connectivity index (χ4n) is 3.14. The van der Waals surface area contributed by atoms with E-state index < -0.39 is 29.7 Å². The van der Waals surface area contributed by atoms with Gasteiger partial charge in [0.25, 0.3) is 0 Å². The average Bonchev–Trinajstić information content (AvgIpc) is 2.59. The molecule has 0 aromatic heterocycles. The van der Waals surface area contributed by atoms with Crippen LogP contribution in [0.1, 0.15) is 78.2 Å². The lowest BCUT2D eigenvalue weighted by Gasteiger charge is -2.32. The summed E-state index contributed by atoms with van der Waals surface area (Å²) in [6.45, 7) is 7.41. The van der Waals surface area contributed by atoms with E-state index in [1.54, 1.807) is 45.0 Å². The summed E-state index contributed by atoms with van der Waals surface area (Å²) in [6, 6.07) is 6.76. The average molecular weight is 432 g/mol. The molecule has 0 unspecified atom stereocenters. The lowest BCUT2D eigenvalue weighted by atomic mass is 9.87. The van der Waals surface area contributed by atoms with Crippen molar-refractivity contribution in [2.45, 2.75) is 96.4 Å². The second-order valence-corrected chi connectivity index (χ2v) is 8.85. The molecule has 0 saturated heterocycles. The molecule has 2 N–H and O–H groups in total. The Balaban J connectivity index is 2.87. The number of rotatable bonds is 12. The number of ether oxygens (including phenoxy) is 2. The van der Waals surface area contributed by atoms with Gasteiger partial charge >= 0.3 is 12.1 Å². The Morgan fingerprint density at radius 2 is 1.60 bits per heavy atom. The Morgan fingerprint density at radius 1 is 1.00 bits per heavy atom. The highest BCUT2D eigenvalue weighted by atomic mass is 19.4. The van der Waals surface area contributed by atoms with Crippen molar-refractivity contribution in [2.75, 3.05) is 6.61 Å². The lowest BCUT2D eigenvalue weighted by Crippen LogP contribution is -2.55. The van der Waals surface area contributed by atoms with Gasteiger partial charge in [-0.05, 0) is 38.8 Å². The molecule has 1 rings (SSSR count). The number of esters is 1. The molecular formula is C23H36F3NO3. The van der Waals surface area contributed by atoms with E-state index in [0.717, 1.165) is 19.3 Å². The van der Waals surface area contributed by atoms with Gasteiger partial charge in [-0.1, -0.05) is 57.2 Å². The molecule has 0 radical (unpaired) electrons. The maximum Gasteiger partial charge on any atom is 0.391 e. The maximum atomic E-state index is 13.2.